The number of ketones is 1. The van der Waals surface area contributed by atoms with Crippen molar-refractivity contribution >= 4 is 11.9 Å². The van der Waals surface area contributed by atoms with Crippen molar-refractivity contribution in [2.24, 2.45) is 10.8 Å². The van der Waals surface area contributed by atoms with Gasteiger partial charge in [-0.15, -0.1) is 0 Å². The minimum absolute atomic E-state index is 0.0304. The first-order valence-electron chi connectivity index (χ1n) is 10.5. The molecule has 33 heavy (non-hydrogen) atoms. The van der Waals surface area contributed by atoms with Gasteiger partial charge in [0.05, 0.1) is 11.1 Å². The summed E-state index contributed by atoms with van der Waals surface area (Å²) in [5.74, 6) is -0.269. The van der Waals surface area contributed by atoms with Crippen LogP contribution in [0.3, 0.4) is 0 Å². The average molecular weight is 464 g/mol. The summed E-state index contributed by atoms with van der Waals surface area (Å²) in [6.45, 7) is 3.85. The molecular weight excluding hydrogens is 442 g/mol. The fraction of sp³-hybridized carbons (Fsp3) is 0.346. The highest BCUT2D eigenvalue weighted by atomic mass is 19.4. The van der Waals surface area contributed by atoms with Crippen LogP contribution in [0, 0.1) is 10.8 Å². The molecule has 7 heteroatoms. The van der Waals surface area contributed by atoms with Crippen LogP contribution >= 0.6 is 0 Å². The van der Waals surface area contributed by atoms with Crippen LogP contribution in [0.4, 0.5) is 26.3 Å². The van der Waals surface area contributed by atoms with E-state index in [1.54, 1.807) is 6.08 Å². The van der Waals surface area contributed by atoms with Crippen molar-refractivity contribution in [3.8, 4) is 0 Å². The van der Waals surface area contributed by atoms with Crippen LogP contribution in [-0.2, 0) is 17.1 Å². The summed E-state index contributed by atoms with van der Waals surface area (Å²) in [4.78, 5) is 12.9. The standard InChI is InChI=1S/C26H22F6O/c1-23-14-20(10-5-16-3-8-18(9-4-16)25(27,28)29)24(2,15-23)21(13-22(23)33)17-6-11-19(12-7-17)26(30,31)32/h3-12,14,21H,13,15H2,1-2H3/b10-5+. The van der Waals surface area contributed by atoms with Gasteiger partial charge in [0, 0.05) is 23.2 Å². The zero-order valence-corrected chi connectivity index (χ0v) is 18.0. The lowest BCUT2D eigenvalue weighted by molar-refractivity contribution is -0.138. The van der Waals surface area contributed by atoms with E-state index in [0.717, 1.165) is 29.8 Å². The Balaban J connectivity index is 1.65. The molecule has 0 aromatic heterocycles. The van der Waals surface area contributed by atoms with Gasteiger partial charge in [0.25, 0.3) is 0 Å². The lowest BCUT2D eigenvalue weighted by Crippen LogP contribution is -2.39. The third-order valence-electron chi connectivity index (χ3n) is 7.00. The number of hydrogen-bond acceptors (Lipinski definition) is 1. The van der Waals surface area contributed by atoms with Crippen LogP contribution < -0.4 is 0 Å². The number of rotatable bonds is 3. The average Bonchev–Trinajstić information content (AvgIpc) is 2.97. The molecule has 1 saturated carbocycles. The quantitative estimate of drug-likeness (QED) is 0.423. The normalized spacial score (nSPS) is 27.8. The molecule has 0 amide bonds. The summed E-state index contributed by atoms with van der Waals surface area (Å²) in [5, 5.41) is 0. The van der Waals surface area contributed by atoms with Crippen molar-refractivity contribution in [2.45, 2.75) is 45.0 Å². The Morgan fingerprint density at radius 1 is 0.818 bits per heavy atom. The topological polar surface area (TPSA) is 17.1 Å². The molecule has 0 saturated heterocycles. The summed E-state index contributed by atoms with van der Waals surface area (Å²) in [6.07, 6.45) is -2.69. The number of alkyl halides is 6. The molecular formula is C26H22F6O. The summed E-state index contributed by atoms with van der Waals surface area (Å²) in [5.41, 5.74) is -0.536. The molecule has 0 spiro atoms. The number of fused-ring (bicyclic) bond motifs is 2. The van der Waals surface area contributed by atoms with Crippen LogP contribution in [-0.4, -0.2) is 5.78 Å². The van der Waals surface area contributed by atoms with Gasteiger partial charge in [0.2, 0.25) is 0 Å². The van der Waals surface area contributed by atoms with Crippen molar-refractivity contribution in [1.29, 1.82) is 0 Å². The SMILES string of the molecule is CC12C=C(/C=C/c3ccc(C(F)(F)F)cc3)C(C)(C1)C(c1ccc(C(F)(F)F)cc1)CC2=O. The van der Waals surface area contributed by atoms with E-state index in [4.69, 9.17) is 0 Å². The van der Waals surface area contributed by atoms with Gasteiger partial charge in [-0.3, -0.25) is 4.79 Å². The minimum atomic E-state index is -4.44. The third kappa shape index (κ3) is 4.25. The van der Waals surface area contributed by atoms with E-state index >= 15 is 0 Å². The smallest absolute Gasteiger partial charge is 0.299 e. The Bertz CT molecular complexity index is 1120. The van der Waals surface area contributed by atoms with Crippen molar-refractivity contribution in [2.75, 3.05) is 0 Å². The lowest BCUT2D eigenvalue weighted by Gasteiger charge is -2.43. The maximum Gasteiger partial charge on any atom is 0.416 e. The van der Waals surface area contributed by atoms with Gasteiger partial charge in [-0.2, -0.15) is 26.3 Å². The fourth-order valence-electron chi connectivity index (χ4n) is 5.17. The second-order valence-corrected chi connectivity index (χ2v) is 9.36. The third-order valence-corrected chi connectivity index (χ3v) is 7.00. The van der Waals surface area contributed by atoms with Gasteiger partial charge in [0.15, 0.2) is 0 Å². The number of allylic oxidation sites excluding steroid dienone is 3. The molecule has 0 aliphatic heterocycles. The van der Waals surface area contributed by atoms with Crippen molar-refractivity contribution in [1.82, 2.24) is 0 Å². The molecule has 174 valence electrons. The summed E-state index contributed by atoms with van der Waals surface area (Å²) in [7, 11) is 0. The second-order valence-electron chi connectivity index (χ2n) is 9.36. The van der Waals surface area contributed by atoms with E-state index < -0.39 is 34.3 Å². The molecule has 0 heterocycles. The fourth-order valence-corrected chi connectivity index (χ4v) is 5.17. The number of Topliss-reactive ketones (excluding diaryl/α,β-unsaturated/α-hetero) is 1. The molecule has 2 aliphatic rings. The van der Waals surface area contributed by atoms with Gasteiger partial charge in [-0.25, -0.2) is 0 Å². The first kappa shape index (κ1) is 23.3. The Kier molecular flexibility index (Phi) is 5.38. The number of carbonyl (C=O) groups excluding carboxylic acids is 1. The van der Waals surface area contributed by atoms with E-state index in [-0.39, 0.29) is 18.1 Å². The van der Waals surface area contributed by atoms with Gasteiger partial charge in [0.1, 0.15) is 5.78 Å². The Morgan fingerprint density at radius 3 is 1.85 bits per heavy atom. The van der Waals surface area contributed by atoms with Crippen molar-refractivity contribution in [3.05, 3.63) is 88.5 Å². The van der Waals surface area contributed by atoms with Crippen molar-refractivity contribution < 1.29 is 31.1 Å². The van der Waals surface area contributed by atoms with Gasteiger partial charge >= 0.3 is 12.4 Å². The molecule has 0 radical (unpaired) electrons. The predicted octanol–water partition coefficient (Wildman–Crippen LogP) is 7.84. The number of hydrogen-bond donors (Lipinski definition) is 0. The van der Waals surface area contributed by atoms with E-state index in [1.165, 1.54) is 24.3 Å². The van der Waals surface area contributed by atoms with Gasteiger partial charge < -0.3 is 0 Å². The molecule has 1 fully saturated rings. The van der Waals surface area contributed by atoms with Crippen LogP contribution in [0.1, 0.15) is 54.9 Å². The van der Waals surface area contributed by atoms with Crippen molar-refractivity contribution in [3.63, 3.8) is 0 Å². The first-order chi connectivity index (χ1) is 15.2. The summed E-state index contributed by atoms with van der Waals surface area (Å²) in [6, 6.07) is 9.72. The highest BCUT2D eigenvalue weighted by Crippen LogP contribution is 2.61. The summed E-state index contributed by atoms with van der Waals surface area (Å²) < 4.78 is 77.3. The molecule has 2 aromatic carbocycles. The highest BCUT2D eigenvalue weighted by molar-refractivity contribution is 5.90. The van der Waals surface area contributed by atoms with Gasteiger partial charge in [-0.05, 0) is 54.3 Å². The number of benzene rings is 2. The van der Waals surface area contributed by atoms with E-state index in [9.17, 15) is 31.1 Å². The lowest BCUT2D eigenvalue weighted by atomic mass is 9.59. The molecule has 3 unspecified atom stereocenters. The zero-order valence-electron chi connectivity index (χ0n) is 18.0. The van der Waals surface area contributed by atoms with E-state index in [2.05, 4.69) is 0 Å². The number of halogens is 6. The van der Waals surface area contributed by atoms with Crippen LogP contribution in [0.2, 0.25) is 0 Å². The second kappa shape index (κ2) is 7.61. The van der Waals surface area contributed by atoms with E-state index in [0.29, 0.717) is 17.5 Å². The van der Waals surface area contributed by atoms with Gasteiger partial charge in [-0.1, -0.05) is 49.4 Å². The predicted molar refractivity (Wildman–Crippen MR) is 113 cm³/mol. The largest absolute Gasteiger partial charge is 0.416 e. The number of carbonyl (C=O) groups is 1. The molecule has 1 nitrogen and oxygen atoms in total. The molecule has 4 rings (SSSR count). The van der Waals surface area contributed by atoms with E-state index in [1.807, 2.05) is 26.0 Å². The Labute approximate surface area is 187 Å². The maximum atomic E-state index is 13.0. The van der Waals surface area contributed by atoms with Crippen LogP contribution in [0.5, 0.6) is 0 Å². The summed E-state index contributed by atoms with van der Waals surface area (Å²) >= 11 is 0. The first-order valence-corrected chi connectivity index (χ1v) is 10.5. The highest BCUT2D eigenvalue weighted by Gasteiger charge is 2.55. The minimum Gasteiger partial charge on any atom is -0.299 e. The molecule has 2 aromatic rings. The van der Waals surface area contributed by atoms with Crippen LogP contribution in [0.15, 0.2) is 66.3 Å². The Hall–Kier alpha value is -2.83. The monoisotopic (exact) mass is 464 g/mol. The molecule has 2 aliphatic carbocycles. The zero-order chi connectivity index (χ0) is 24.2. The molecule has 0 N–H and O–H groups in total. The molecule has 3 atom stereocenters. The molecule has 2 bridgehead atoms. The Morgan fingerprint density at radius 2 is 1.33 bits per heavy atom. The maximum absolute atomic E-state index is 13.0. The van der Waals surface area contributed by atoms with Crippen LogP contribution in [0.25, 0.3) is 6.08 Å².